The Kier molecular flexibility index (Phi) is 4.40. The van der Waals surface area contributed by atoms with E-state index in [1.54, 1.807) is 55.5 Å². The molecule has 7 nitrogen and oxygen atoms in total. The summed E-state index contributed by atoms with van der Waals surface area (Å²) in [6.07, 6.45) is 2.78. The standard InChI is InChI=1S/C20H16N4O3S/c1-14-22-19-7-3-2-6-18(19)20(25)24(14)16-10-8-15(9-11-16)23-28(26,27)17-5-4-12-21-13-17/h2-13,23H,1H3. The number of rotatable bonds is 4. The van der Waals surface area contributed by atoms with E-state index in [0.29, 0.717) is 28.1 Å². The molecular weight excluding hydrogens is 376 g/mol. The van der Waals surface area contributed by atoms with E-state index >= 15 is 0 Å². The summed E-state index contributed by atoms with van der Waals surface area (Å²) in [6, 6.07) is 16.7. The van der Waals surface area contributed by atoms with Crippen molar-refractivity contribution in [3.63, 3.8) is 0 Å². The van der Waals surface area contributed by atoms with Crippen LogP contribution in [0.4, 0.5) is 5.69 Å². The molecule has 0 radical (unpaired) electrons. The predicted molar refractivity (Wildman–Crippen MR) is 107 cm³/mol. The molecule has 2 aromatic carbocycles. The molecule has 0 fully saturated rings. The van der Waals surface area contributed by atoms with E-state index in [4.69, 9.17) is 0 Å². The molecule has 0 unspecified atom stereocenters. The smallest absolute Gasteiger partial charge is 0.265 e. The Morgan fingerprint density at radius 3 is 2.43 bits per heavy atom. The molecule has 4 aromatic rings. The van der Waals surface area contributed by atoms with Crippen LogP contribution in [0.25, 0.3) is 16.6 Å². The van der Waals surface area contributed by atoms with E-state index in [-0.39, 0.29) is 10.5 Å². The van der Waals surface area contributed by atoms with Gasteiger partial charge in [-0.2, -0.15) is 0 Å². The lowest BCUT2D eigenvalue weighted by Gasteiger charge is -2.12. The van der Waals surface area contributed by atoms with Gasteiger partial charge in [0.15, 0.2) is 0 Å². The predicted octanol–water partition coefficient (Wildman–Crippen LogP) is 2.89. The molecule has 140 valence electrons. The fraction of sp³-hybridized carbons (Fsp3) is 0.0500. The summed E-state index contributed by atoms with van der Waals surface area (Å²) in [5.74, 6) is 0.549. The molecular formula is C20H16N4O3S. The maximum atomic E-state index is 12.9. The molecule has 28 heavy (non-hydrogen) atoms. The summed E-state index contributed by atoms with van der Waals surface area (Å²) in [7, 11) is -3.73. The minimum absolute atomic E-state index is 0.0740. The normalized spacial score (nSPS) is 11.5. The zero-order valence-corrected chi connectivity index (χ0v) is 15.7. The molecule has 0 aliphatic heterocycles. The van der Waals surface area contributed by atoms with Crippen LogP contribution in [0.5, 0.6) is 0 Å². The largest absolute Gasteiger partial charge is 0.280 e. The van der Waals surface area contributed by atoms with E-state index in [1.165, 1.54) is 23.0 Å². The average Bonchev–Trinajstić information content (AvgIpc) is 2.70. The van der Waals surface area contributed by atoms with E-state index in [1.807, 2.05) is 6.07 Å². The molecule has 8 heteroatoms. The van der Waals surface area contributed by atoms with Crippen LogP contribution in [-0.4, -0.2) is 23.0 Å². The minimum Gasteiger partial charge on any atom is -0.280 e. The summed E-state index contributed by atoms with van der Waals surface area (Å²) < 4.78 is 28.8. The number of para-hydroxylation sites is 1. The van der Waals surface area contributed by atoms with E-state index < -0.39 is 10.0 Å². The molecule has 0 aliphatic carbocycles. The van der Waals surface area contributed by atoms with Gasteiger partial charge < -0.3 is 0 Å². The van der Waals surface area contributed by atoms with Gasteiger partial charge in [0.25, 0.3) is 15.6 Å². The van der Waals surface area contributed by atoms with Crippen molar-refractivity contribution in [3.8, 4) is 5.69 Å². The van der Waals surface area contributed by atoms with Crippen LogP contribution in [-0.2, 0) is 10.0 Å². The fourth-order valence-corrected chi connectivity index (χ4v) is 3.97. The number of aryl methyl sites for hydroxylation is 1. The van der Waals surface area contributed by atoms with Gasteiger partial charge in [-0.3, -0.25) is 19.1 Å². The summed E-state index contributed by atoms with van der Waals surface area (Å²) in [5, 5.41) is 0.523. The van der Waals surface area contributed by atoms with Crippen molar-refractivity contribution in [3.05, 3.63) is 89.2 Å². The third-order valence-electron chi connectivity index (χ3n) is 4.27. The Hall–Kier alpha value is -3.52. The van der Waals surface area contributed by atoms with Crippen LogP contribution in [0.15, 0.2) is 82.7 Å². The molecule has 0 atom stereocenters. The van der Waals surface area contributed by atoms with Crippen LogP contribution in [0, 0.1) is 6.92 Å². The van der Waals surface area contributed by atoms with Gasteiger partial charge in [-0.05, 0) is 55.5 Å². The Morgan fingerprint density at radius 2 is 1.71 bits per heavy atom. The van der Waals surface area contributed by atoms with Gasteiger partial charge in [-0.25, -0.2) is 13.4 Å². The molecule has 1 N–H and O–H groups in total. The van der Waals surface area contributed by atoms with Crippen molar-refractivity contribution in [2.45, 2.75) is 11.8 Å². The third-order valence-corrected chi connectivity index (χ3v) is 5.63. The van der Waals surface area contributed by atoms with Gasteiger partial charge in [-0.1, -0.05) is 12.1 Å². The highest BCUT2D eigenvalue weighted by molar-refractivity contribution is 7.92. The summed E-state index contributed by atoms with van der Waals surface area (Å²) >= 11 is 0. The Balaban J connectivity index is 1.70. The lowest BCUT2D eigenvalue weighted by atomic mass is 10.2. The average molecular weight is 392 g/mol. The Bertz CT molecular complexity index is 1320. The van der Waals surface area contributed by atoms with Crippen LogP contribution >= 0.6 is 0 Å². The van der Waals surface area contributed by atoms with E-state index in [0.717, 1.165) is 0 Å². The van der Waals surface area contributed by atoms with Crippen LogP contribution in [0.1, 0.15) is 5.82 Å². The van der Waals surface area contributed by atoms with E-state index in [2.05, 4.69) is 14.7 Å². The second-order valence-electron chi connectivity index (χ2n) is 6.16. The van der Waals surface area contributed by atoms with E-state index in [9.17, 15) is 13.2 Å². The zero-order chi connectivity index (χ0) is 19.7. The second kappa shape index (κ2) is 6.90. The lowest BCUT2D eigenvalue weighted by molar-refractivity contribution is 0.601. The highest BCUT2D eigenvalue weighted by atomic mass is 32.2. The number of anilines is 1. The van der Waals surface area contributed by atoms with Crippen molar-refractivity contribution in [1.29, 1.82) is 0 Å². The van der Waals surface area contributed by atoms with Gasteiger partial charge in [0, 0.05) is 18.1 Å². The molecule has 0 saturated heterocycles. The number of hydrogen-bond donors (Lipinski definition) is 1. The zero-order valence-electron chi connectivity index (χ0n) is 14.9. The number of hydrogen-bond acceptors (Lipinski definition) is 5. The second-order valence-corrected chi connectivity index (χ2v) is 7.84. The minimum atomic E-state index is -3.73. The Labute approximate surface area is 161 Å². The first kappa shape index (κ1) is 17.9. The number of pyridine rings is 1. The number of aromatic nitrogens is 3. The Morgan fingerprint density at radius 1 is 0.964 bits per heavy atom. The molecule has 2 heterocycles. The van der Waals surface area contributed by atoms with Crippen molar-refractivity contribution in [1.82, 2.24) is 14.5 Å². The maximum Gasteiger partial charge on any atom is 0.265 e. The van der Waals surface area contributed by atoms with Gasteiger partial charge in [0.2, 0.25) is 0 Å². The molecule has 4 rings (SSSR count). The van der Waals surface area contributed by atoms with Crippen LogP contribution < -0.4 is 10.3 Å². The number of benzene rings is 2. The van der Waals surface area contributed by atoms with Gasteiger partial charge in [-0.15, -0.1) is 0 Å². The van der Waals surface area contributed by atoms with Gasteiger partial charge in [0.1, 0.15) is 10.7 Å². The molecule has 2 aromatic heterocycles. The molecule has 0 saturated carbocycles. The molecule has 0 aliphatic rings. The first-order chi connectivity index (χ1) is 13.5. The monoisotopic (exact) mass is 392 g/mol. The number of nitrogens with one attached hydrogen (secondary N) is 1. The molecule has 0 amide bonds. The van der Waals surface area contributed by atoms with Crippen molar-refractivity contribution < 1.29 is 8.42 Å². The van der Waals surface area contributed by atoms with Crippen molar-refractivity contribution >= 4 is 26.6 Å². The van der Waals surface area contributed by atoms with Gasteiger partial charge >= 0.3 is 0 Å². The highest BCUT2D eigenvalue weighted by Crippen LogP contribution is 2.18. The fourth-order valence-electron chi connectivity index (χ4n) is 2.95. The first-order valence-electron chi connectivity index (χ1n) is 8.47. The van der Waals surface area contributed by atoms with Crippen LogP contribution in [0.3, 0.4) is 0 Å². The van der Waals surface area contributed by atoms with Crippen molar-refractivity contribution in [2.24, 2.45) is 0 Å². The maximum absolute atomic E-state index is 12.9. The lowest BCUT2D eigenvalue weighted by Crippen LogP contribution is -2.22. The summed E-state index contributed by atoms with van der Waals surface area (Å²) in [5.41, 5.74) is 1.45. The SMILES string of the molecule is Cc1nc2ccccc2c(=O)n1-c1ccc(NS(=O)(=O)c2cccnc2)cc1. The molecule has 0 spiro atoms. The molecule has 0 bridgehead atoms. The van der Waals surface area contributed by atoms with Gasteiger partial charge in [0.05, 0.1) is 16.6 Å². The van der Waals surface area contributed by atoms with Crippen LogP contribution in [0.2, 0.25) is 0 Å². The topological polar surface area (TPSA) is 94.0 Å². The number of nitrogens with zero attached hydrogens (tertiary/aromatic N) is 3. The number of fused-ring (bicyclic) bond motifs is 1. The number of sulfonamides is 1. The summed E-state index contributed by atoms with van der Waals surface area (Å²) in [4.78, 5) is 21.2. The quantitative estimate of drug-likeness (QED) is 0.576. The summed E-state index contributed by atoms with van der Waals surface area (Å²) in [6.45, 7) is 1.76. The third kappa shape index (κ3) is 3.25. The first-order valence-corrected chi connectivity index (χ1v) is 9.96. The highest BCUT2D eigenvalue weighted by Gasteiger charge is 2.14. The van der Waals surface area contributed by atoms with Crippen molar-refractivity contribution in [2.75, 3.05) is 4.72 Å².